The lowest BCUT2D eigenvalue weighted by molar-refractivity contribution is -0.124. The SMILES string of the molecule is CC(C)C(=O)NCCN(CCCOc1ccc2c(ccc(=O)n2C)c1)Cc1ccncc1.Cl.Cl. The molecule has 2 aromatic heterocycles. The molecule has 3 rings (SSSR count). The third-order valence-electron chi connectivity index (χ3n) is 5.39. The first-order chi connectivity index (χ1) is 15.4. The Morgan fingerprint density at radius 1 is 1.09 bits per heavy atom. The van der Waals surface area contributed by atoms with Crippen molar-refractivity contribution in [1.82, 2.24) is 19.8 Å². The zero-order valence-electron chi connectivity index (χ0n) is 19.9. The molecule has 3 aromatic rings. The van der Waals surface area contributed by atoms with Gasteiger partial charge in [-0.3, -0.25) is 19.5 Å². The second kappa shape index (κ2) is 14.6. The maximum absolute atomic E-state index is 11.9. The van der Waals surface area contributed by atoms with E-state index in [1.54, 1.807) is 30.1 Å². The van der Waals surface area contributed by atoms with E-state index < -0.39 is 0 Å². The number of rotatable bonds is 11. The summed E-state index contributed by atoms with van der Waals surface area (Å²) < 4.78 is 7.60. The Balaban J connectivity index is 0.00000289. The average molecular weight is 509 g/mol. The van der Waals surface area contributed by atoms with Crippen LogP contribution in [0.15, 0.2) is 59.7 Å². The molecule has 0 spiro atoms. The molecule has 9 heteroatoms. The zero-order valence-corrected chi connectivity index (χ0v) is 21.5. The van der Waals surface area contributed by atoms with Gasteiger partial charge in [0.25, 0.3) is 5.56 Å². The summed E-state index contributed by atoms with van der Waals surface area (Å²) in [6.07, 6.45) is 4.45. The van der Waals surface area contributed by atoms with Crippen molar-refractivity contribution < 1.29 is 9.53 Å². The second-order valence-electron chi connectivity index (χ2n) is 8.23. The van der Waals surface area contributed by atoms with E-state index in [0.717, 1.165) is 42.7 Å². The van der Waals surface area contributed by atoms with Crippen molar-refractivity contribution in [3.05, 3.63) is 70.8 Å². The minimum absolute atomic E-state index is 0. The predicted molar refractivity (Wildman–Crippen MR) is 141 cm³/mol. The fourth-order valence-corrected chi connectivity index (χ4v) is 3.49. The predicted octanol–water partition coefficient (Wildman–Crippen LogP) is 3.82. The fraction of sp³-hybridized carbons (Fsp3) is 0.400. The molecule has 0 unspecified atom stereocenters. The number of pyridine rings is 2. The van der Waals surface area contributed by atoms with Crippen LogP contribution >= 0.6 is 24.8 Å². The van der Waals surface area contributed by atoms with Crippen LogP contribution in [0.1, 0.15) is 25.8 Å². The number of carbonyl (C=O) groups excluding carboxylic acids is 1. The summed E-state index contributed by atoms with van der Waals surface area (Å²) in [5, 5.41) is 3.97. The molecule has 0 saturated carbocycles. The van der Waals surface area contributed by atoms with Gasteiger partial charge in [-0.05, 0) is 48.4 Å². The van der Waals surface area contributed by atoms with E-state index in [4.69, 9.17) is 4.74 Å². The summed E-state index contributed by atoms with van der Waals surface area (Å²) in [5.74, 6) is 0.855. The fourth-order valence-electron chi connectivity index (χ4n) is 3.49. The number of hydrogen-bond donors (Lipinski definition) is 1. The van der Waals surface area contributed by atoms with E-state index in [0.29, 0.717) is 13.2 Å². The maximum Gasteiger partial charge on any atom is 0.250 e. The quantitative estimate of drug-likeness (QED) is 0.398. The van der Waals surface area contributed by atoms with Crippen LogP contribution in [0.3, 0.4) is 0 Å². The lowest BCUT2D eigenvalue weighted by Crippen LogP contribution is -2.37. The summed E-state index contributed by atoms with van der Waals surface area (Å²) in [7, 11) is 1.77. The topological polar surface area (TPSA) is 76.5 Å². The third kappa shape index (κ3) is 8.63. The number of amides is 1. The number of fused-ring (bicyclic) bond motifs is 1. The molecule has 1 N–H and O–H groups in total. The lowest BCUT2D eigenvalue weighted by atomic mass is 10.2. The minimum atomic E-state index is -0.0231. The van der Waals surface area contributed by atoms with Crippen molar-refractivity contribution in [2.24, 2.45) is 13.0 Å². The van der Waals surface area contributed by atoms with E-state index in [1.807, 2.05) is 50.2 Å². The number of halogens is 2. The van der Waals surface area contributed by atoms with Gasteiger partial charge in [0.15, 0.2) is 0 Å². The number of aromatic nitrogens is 2. The van der Waals surface area contributed by atoms with Gasteiger partial charge in [-0.2, -0.15) is 0 Å². The van der Waals surface area contributed by atoms with Crippen molar-refractivity contribution in [2.75, 3.05) is 26.2 Å². The first kappa shape index (κ1) is 29.4. The highest BCUT2D eigenvalue weighted by Crippen LogP contribution is 2.19. The van der Waals surface area contributed by atoms with E-state index in [-0.39, 0.29) is 42.2 Å². The third-order valence-corrected chi connectivity index (χ3v) is 5.39. The Kier molecular flexibility index (Phi) is 12.6. The Morgan fingerprint density at radius 3 is 2.53 bits per heavy atom. The molecule has 34 heavy (non-hydrogen) atoms. The number of nitrogens with one attached hydrogen (secondary N) is 1. The number of benzene rings is 1. The molecule has 186 valence electrons. The van der Waals surface area contributed by atoms with Crippen LogP contribution in [0.25, 0.3) is 10.9 Å². The van der Waals surface area contributed by atoms with Crippen LogP contribution in [0.4, 0.5) is 0 Å². The first-order valence-electron chi connectivity index (χ1n) is 11.1. The summed E-state index contributed by atoms with van der Waals surface area (Å²) in [4.78, 5) is 30.0. The van der Waals surface area contributed by atoms with Crippen LogP contribution in [0.5, 0.6) is 5.75 Å². The molecular formula is C25H34Cl2N4O3. The first-order valence-corrected chi connectivity index (χ1v) is 11.1. The van der Waals surface area contributed by atoms with Crippen molar-refractivity contribution in [2.45, 2.75) is 26.8 Å². The maximum atomic E-state index is 11.9. The van der Waals surface area contributed by atoms with E-state index in [2.05, 4.69) is 15.2 Å². The van der Waals surface area contributed by atoms with E-state index >= 15 is 0 Å². The van der Waals surface area contributed by atoms with Gasteiger partial charge in [-0.15, -0.1) is 24.8 Å². The number of ether oxygens (including phenoxy) is 1. The normalized spacial score (nSPS) is 10.6. The summed E-state index contributed by atoms with van der Waals surface area (Å²) >= 11 is 0. The Bertz CT molecular complexity index is 1090. The van der Waals surface area contributed by atoms with Gasteiger partial charge in [0.1, 0.15) is 5.75 Å². The molecule has 0 atom stereocenters. The van der Waals surface area contributed by atoms with Gasteiger partial charge in [0, 0.05) is 63.0 Å². The molecular weight excluding hydrogens is 475 g/mol. The van der Waals surface area contributed by atoms with Gasteiger partial charge in [-0.25, -0.2) is 0 Å². The lowest BCUT2D eigenvalue weighted by Gasteiger charge is -2.23. The number of aryl methyl sites for hydroxylation is 1. The van der Waals surface area contributed by atoms with Gasteiger partial charge in [0.05, 0.1) is 12.1 Å². The van der Waals surface area contributed by atoms with Crippen LogP contribution < -0.4 is 15.6 Å². The smallest absolute Gasteiger partial charge is 0.250 e. The van der Waals surface area contributed by atoms with Gasteiger partial charge in [0.2, 0.25) is 5.91 Å². The van der Waals surface area contributed by atoms with Crippen LogP contribution in [0, 0.1) is 5.92 Å². The molecule has 7 nitrogen and oxygen atoms in total. The Labute approximate surface area is 213 Å². The molecule has 0 aliphatic heterocycles. The number of hydrogen-bond acceptors (Lipinski definition) is 5. The van der Waals surface area contributed by atoms with Crippen molar-refractivity contribution in [1.29, 1.82) is 0 Å². The monoisotopic (exact) mass is 508 g/mol. The number of carbonyl (C=O) groups is 1. The van der Waals surface area contributed by atoms with Crippen molar-refractivity contribution in [3.8, 4) is 5.75 Å². The standard InChI is InChI=1S/C25H32N4O3.2ClH/c1-19(2)25(31)27-13-15-29(18-20-9-11-26-12-10-20)14-4-16-32-22-6-7-23-21(17-22)5-8-24(30)28(23)3;;/h5-12,17,19H,4,13-16,18H2,1-3H3,(H,27,31);2*1H. The molecule has 0 aliphatic rings. The van der Waals surface area contributed by atoms with Crippen LogP contribution in [0.2, 0.25) is 0 Å². The molecule has 1 amide bonds. The summed E-state index contributed by atoms with van der Waals surface area (Å²) in [6.45, 7) is 7.41. The molecule has 0 bridgehead atoms. The van der Waals surface area contributed by atoms with Crippen molar-refractivity contribution in [3.63, 3.8) is 0 Å². The highest BCUT2D eigenvalue weighted by molar-refractivity contribution is 5.85. The van der Waals surface area contributed by atoms with Crippen LogP contribution in [-0.2, 0) is 18.4 Å². The highest BCUT2D eigenvalue weighted by Gasteiger charge is 2.10. The van der Waals surface area contributed by atoms with E-state index in [1.165, 1.54) is 5.56 Å². The van der Waals surface area contributed by atoms with Gasteiger partial charge in [-0.1, -0.05) is 13.8 Å². The average Bonchev–Trinajstić information content (AvgIpc) is 2.79. The molecule has 0 radical (unpaired) electrons. The van der Waals surface area contributed by atoms with Crippen molar-refractivity contribution >= 4 is 41.6 Å². The van der Waals surface area contributed by atoms with Gasteiger partial charge < -0.3 is 14.6 Å². The highest BCUT2D eigenvalue weighted by atomic mass is 35.5. The molecule has 0 saturated heterocycles. The molecule has 1 aromatic carbocycles. The zero-order chi connectivity index (χ0) is 22.9. The minimum Gasteiger partial charge on any atom is -0.494 e. The summed E-state index contributed by atoms with van der Waals surface area (Å²) in [5.41, 5.74) is 2.05. The van der Waals surface area contributed by atoms with Gasteiger partial charge >= 0.3 is 0 Å². The van der Waals surface area contributed by atoms with E-state index in [9.17, 15) is 9.59 Å². The Morgan fingerprint density at radius 2 is 1.82 bits per heavy atom. The number of nitrogens with zero attached hydrogens (tertiary/aromatic N) is 3. The van der Waals surface area contributed by atoms with Crippen LogP contribution in [-0.4, -0.2) is 46.6 Å². The second-order valence-corrected chi connectivity index (χ2v) is 8.23. The molecule has 0 aliphatic carbocycles. The molecule has 2 heterocycles. The summed E-state index contributed by atoms with van der Waals surface area (Å²) in [6, 6.07) is 13.2. The largest absolute Gasteiger partial charge is 0.494 e. The Hall–Kier alpha value is -2.61. The molecule has 0 fully saturated rings.